The third-order valence-electron chi connectivity index (χ3n) is 2.72. The van der Waals surface area contributed by atoms with Gasteiger partial charge in [-0.1, -0.05) is 0 Å². The zero-order valence-corrected chi connectivity index (χ0v) is 8.08. The largest absolute Gasteiger partial charge is 0.391 e. The van der Waals surface area contributed by atoms with Crippen LogP contribution >= 0.6 is 0 Å². The predicted molar refractivity (Wildman–Crippen MR) is 50.2 cm³/mol. The highest BCUT2D eigenvalue weighted by Gasteiger charge is 2.27. The molecule has 0 spiro atoms. The summed E-state index contributed by atoms with van der Waals surface area (Å²) in [6, 6.07) is 0.401. The Labute approximate surface area is 74.8 Å². The zero-order chi connectivity index (χ0) is 8.97. The highest BCUT2D eigenvalue weighted by Crippen LogP contribution is 2.22. The molecule has 0 saturated heterocycles. The topological polar surface area (TPSA) is 35.5 Å². The lowest BCUT2D eigenvalue weighted by Crippen LogP contribution is -2.40. The Hall–Kier alpha value is -0.120. The molecule has 12 heavy (non-hydrogen) atoms. The molecule has 0 amide bonds. The van der Waals surface area contributed by atoms with Crippen LogP contribution in [0.4, 0.5) is 0 Å². The van der Waals surface area contributed by atoms with E-state index in [1.807, 2.05) is 7.05 Å². The van der Waals surface area contributed by atoms with Crippen LogP contribution in [0, 0.1) is 0 Å². The summed E-state index contributed by atoms with van der Waals surface area (Å²) < 4.78 is 0. The van der Waals surface area contributed by atoms with E-state index in [9.17, 15) is 5.11 Å². The van der Waals surface area contributed by atoms with Crippen LogP contribution in [0.25, 0.3) is 0 Å². The van der Waals surface area contributed by atoms with Gasteiger partial charge in [0, 0.05) is 19.1 Å². The van der Waals surface area contributed by atoms with E-state index in [4.69, 9.17) is 0 Å². The maximum absolute atomic E-state index is 9.60. The van der Waals surface area contributed by atoms with Crippen LogP contribution in [0.15, 0.2) is 0 Å². The summed E-state index contributed by atoms with van der Waals surface area (Å²) in [4.78, 5) is 2.26. The second kappa shape index (κ2) is 4.80. The number of nitrogens with one attached hydrogen (secondary N) is 1. The Morgan fingerprint density at radius 1 is 1.50 bits per heavy atom. The van der Waals surface area contributed by atoms with Gasteiger partial charge in [-0.05, 0) is 33.4 Å². The van der Waals surface area contributed by atoms with Crippen molar-refractivity contribution >= 4 is 0 Å². The van der Waals surface area contributed by atoms with Crippen molar-refractivity contribution in [1.29, 1.82) is 0 Å². The highest BCUT2D eigenvalue weighted by atomic mass is 16.3. The molecule has 1 fully saturated rings. The molecule has 1 rings (SSSR count). The number of nitrogens with zero attached hydrogens (tertiary/aromatic N) is 1. The first-order chi connectivity index (χ1) is 5.75. The van der Waals surface area contributed by atoms with Crippen LogP contribution < -0.4 is 5.32 Å². The Morgan fingerprint density at radius 2 is 2.25 bits per heavy atom. The molecule has 0 aliphatic heterocycles. The number of aliphatic hydroxyl groups is 1. The molecule has 0 radical (unpaired) electrons. The lowest BCUT2D eigenvalue weighted by molar-refractivity contribution is 0.0871. The number of aliphatic hydroxyl groups excluding tert-OH is 1. The number of rotatable bonds is 4. The van der Waals surface area contributed by atoms with Crippen LogP contribution in [0.1, 0.15) is 19.3 Å². The molecule has 3 nitrogen and oxygen atoms in total. The van der Waals surface area contributed by atoms with Gasteiger partial charge in [-0.3, -0.25) is 4.90 Å². The average molecular weight is 172 g/mol. The van der Waals surface area contributed by atoms with Crippen molar-refractivity contribution in [1.82, 2.24) is 10.2 Å². The Morgan fingerprint density at radius 3 is 2.75 bits per heavy atom. The minimum absolute atomic E-state index is 0.0909. The van der Waals surface area contributed by atoms with E-state index in [-0.39, 0.29) is 6.10 Å². The summed E-state index contributed by atoms with van der Waals surface area (Å²) >= 11 is 0. The Balaban J connectivity index is 2.25. The minimum atomic E-state index is -0.0909. The van der Waals surface area contributed by atoms with Gasteiger partial charge in [0.15, 0.2) is 0 Å². The summed E-state index contributed by atoms with van der Waals surface area (Å²) in [5.74, 6) is 0. The van der Waals surface area contributed by atoms with E-state index >= 15 is 0 Å². The lowest BCUT2D eigenvalue weighted by Gasteiger charge is -2.26. The van der Waals surface area contributed by atoms with E-state index in [0.29, 0.717) is 6.04 Å². The van der Waals surface area contributed by atoms with Crippen LogP contribution in [0.3, 0.4) is 0 Å². The number of hydrogen-bond acceptors (Lipinski definition) is 3. The lowest BCUT2D eigenvalue weighted by atomic mass is 10.2. The molecule has 1 aliphatic carbocycles. The van der Waals surface area contributed by atoms with Crippen LogP contribution in [-0.4, -0.2) is 49.3 Å². The highest BCUT2D eigenvalue weighted by molar-refractivity contribution is 4.83. The molecule has 3 heteroatoms. The molecule has 1 aliphatic rings. The number of hydrogen-bond donors (Lipinski definition) is 2. The summed E-state index contributed by atoms with van der Waals surface area (Å²) in [7, 11) is 4.05. The molecule has 0 unspecified atom stereocenters. The third-order valence-corrected chi connectivity index (χ3v) is 2.72. The van der Waals surface area contributed by atoms with Gasteiger partial charge in [0.25, 0.3) is 0 Å². The van der Waals surface area contributed by atoms with Crippen molar-refractivity contribution in [3.8, 4) is 0 Å². The summed E-state index contributed by atoms with van der Waals surface area (Å²) in [5.41, 5.74) is 0. The van der Waals surface area contributed by atoms with Crippen molar-refractivity contribution in [2.45, 2.75) is 31.4 Å². The summed E-state index contributed by atoms with van der Waals surface area (Å²) in [6.07, 6.45) is 3.22. The van der Waals surface area contributed by atoms with E-state index in [1.54, 1.807) is 0 Å². The van der Waals surface area contributed by atoms with Crippen molar-refractivity contribution in [3.63, 3.8) is 0 Å². The Kier molecular flexibility index (Phi) is 3.98. The monoisotopic (exact) mass is 172 g/mol. The van der Waals surface area contributed by atoms with Crippen LogP contribution in [0.5, 0.6) is 0 Å². The summed E-state index contributed by atoms with van der Waals surface area (Å²) in [6.45, 7) is 2.03. The molecule has 72 valence electrons. The second-order valence-corrected chi connectivity index (χ2v) is 3.65. The van der Waals surface area contributed by atoms with Gasteiger partial charge in [-0.25, -0.2) is 0 Å². The van der Waals surface area contributed by atoms with Crippen molar-refractivity contribution in [2.75, 3.05) is 27.2 Å². The third kappa shape index (κ3) is 2.44. The van der Waals surface area contributed by atoms with Gasteiger partial charge in [0.2, 0.25) is 0 Å². The fraction of sp³-hybridized carbons (Fsp3) is 1.00. The average Bonchev–Trinajstić information content (AvgIpc) is 2.47. The van der Waals surface area contributed by atoms with Gasteiger partial charge in [-0.2, -0.15) is 0 Å². The molecular formula is C9H20N2O. The zero-order valence-electron chi connectivity index (χ0n) is 8.08. The first-order valence-corrected chi connectivity index (χ1v) is 4.78. The maximum atomic E-state index is 9.60. The quantitative estimate of drug-likeness (QED) is 0.629. The Bertz CT molecular complexity index is 130. The predicted octanol–water partition coefficient (Wildman–Crippen LogP) is 0.0510. The normalized spacial score (nSPS) is 30.0. The molecule has 2 N–H and O–H groups in total. The first-order valence-electron chi connectivity index (χ1n) is 4.78. The SMILES string of the molecule is CNCCN(C)[C@@H]1CCC[C@H]1O. The molecule has 1 saturated carbocycles. The second-order valence-electron chi connectivity index (χ2n) is 3.65. The van der Waals surface area contributed by atoms with Crippen LogP contribution in [-0.2, 0) is 0 Å². The van der Waals surface area contributed by atoms with Crippen molar-refractivity contribution in [3.05, 3.63) is 0 Å². The van der Waals surface area contributed by atoms with E-state index in [1.165, 1.54) is 6.42 Å². The van der Waals surface area contributed by atoms with Gasteiger partial charge in [0.1, 0.15) is 0 Å². The smallest absolute Gasteiger partial charge is 0.0695 e. The molecule has 0 heterocycles. The molecule has 2 atom stereocenters. The molecular weight excluding hydrogens is 152 g/mol. The van der Waals surface area contributed by atoms with Gasteiger partial charge < -0.3 is 10.4 Å². The van der Waals surface area contributed by atoms with Gasteiger partial charge in [-0.15, -0.1) is 0 Å². The fourth-order valence-electron chi connectivity index (χ4n) is 1.89. The van der Waals surface area contributed by atoms with E-state index < -0.39 is 0 Å². The molecule has 0 aromatic rings. The molecule has 0 bridgehead atoms. The van der Waals surface area contributed by atoms with E-state index in [2.05, 4.69) is 17.3 Å². The van der Waals surface area contributed by atoms with Gasteiger partial charge >= 0.3 is 0 Å². The number of likely N-dealkylation sites (N-methyl/N-ethyl adjacent to an activating group) is 2. The van der Waals surface area contributed by atoms with Crippen molar-refractivity contribution in [2.24, 2.45) is 0 Å². The fourth-order valence-corrected chi connectivity index (χ4v) is 1.89. The van der Waals surface area contributed by atoms with Crippen molar-refractivity contribution < 1.29 is 5.11 Å². The summed E-state index contributed by atoms with van der Waals surface area (Å²) in [5, 5.41) is 12.7. The molecule has 0 aromatic heterocycles. The molecule has 0 aromatic carbocycles. The van der Waals surface area contributed by atoms with E-state index in [0.717, 1.165) is 25.9 Å². The van der Waals surface area contributed by atoms with Crippen LogP contribution in [0.2, 0.25) is 0 Å². The first kappa shape index (κ1) is 9.96. The van der Waals surface area contributed by atoms with Gasteiger partial charge in [0.05, 0.1) is 6.10 Å². The minimum Gasteiger partial charge on any atom is -0.391 e. The standard InChI is InChI=1S/C9H20N2O/c1-10-6-7-11(2)8-4-3-5-9(8)12/h8-10,12H,3-7H2,1-2H3/t8-,9-/m1/s1. The maximum Gasteiger partial charge on any atom is 0.0695 e.